The summed E-state index contributed by atoms with van der Waals surface area (Å²) in [7, 11) is 3.44. The minimum absolute atomic E-state index is 0.0767. The molecule has 18 heavy (non-hydrogen) atoms. The average molecular weight is 274 g/mol. The molecule has 0 saturated heterocycles. The summed E-state index contributed by atoms with van der Waals surface area (Å²) in [5, 5.41) is 12.7. The highest BCUT2D eigenvalue weighted by atomic mass is 35.5. The number of benzene rings is 1. The first-order valence-electron chi connectivity index (χ1n) is 5.87. The van der Waals surface area contributed by atoms with Gasteiger partial charge in [0.05, 0.1) is 13.7 Å². The van der Waals surface area contributed by atoms with Crippen LogP contribution in [0.3, 0.4) is 0 Å². The summed E-state index contributed by atoms with van der Waals surface area (Å²) in [6.45, 7) is 3.09. The summed E-state index contributed by atoms with van der Waals surface area (Å²) in [5.74, 6) is 1.36. The molecule has 0 saturated carbocycles. The third-order valence-corrected chi connectivity index (χ3v) is 2.73. The number of methoxy groups -OCH3 is 1. The molecule has 2 N–H and O–H groups in total. The van der Waals surface area contributed by atoms with Gasteiger partial charge in [0.15, 0.2) is 11.5 Å². The lowest BCUT2D eigenvalue weighted by atomic mass is 10.1. The summed E-state index contributed by atoms with van der Waals surface area (Å²) in [4.78, 5) is 0. The van der Waals surface area contributed by atoms with Crippen molar-refractivity contribution in [1.29, 1.82) is 0 Å². The molecule has 0 aliphatic heterocycles. The van der Waals surface area contributed by atoms with Gasteiger partial charge in [0.25, 0.3) is 0 Å². The molecule has 102 valence electrons. The van der Waals surface area contributed by atoms with Gasteiger partial charge in [-0.05, 0) is 13.1 Å². The van der Waals surface area contributed by atoms with E-state index in [1.165, 1.54) is 0 Å². The van der Waals surface area contributed by atoms with Crippen molar-refractivity contribution >= 4 is 11.6 Å². The van der Waals surface area contributed by atoms with E-state index in [0.29, 0.717) is 29.7 Å². The number of hydrogen-bond acceptors (Lipinski definition) is 4. The first-order chi connectivity index (χ1) is 8.62. The maximum absolute atomic E-state index is 9.01. The predicted octanol–water partition coefficient (Wildman–Crippen LogP) is 2.08. The van der Waals surface area contributed by atoms with Crippen LogP contribution in [-0.4, -0.2) is 32.5 Å². The zero-order valence-corrected chi connectivity index (χ0v) is 11.8. The largest absolute Gasteiger partial charge is 0.493 e. The van der Waals surface area contributed by atoms with Gasteiger partial charge in [0, 0.05) is 35.7 Å². The third-order valence-electron chi connectivity index (χ3n) is 2.51. The fraction of sp³-hybridized carbons (Fsp3) is 0.538. The number of hydrogen-bond donors (Lipinski definition) is 2. The molecule has 1 atom stereocenters. The molecule has 1 aromatic rings. The maximum atomic E-state index is 9.01. The van der Waals surface area contributed by atoms with E-state index in [1.54, 1.807) is 13.2 Å². The van der Waals surface area contributed by atoms with Crippen LogP contribution in [0.5, 0.6) is 11.5 Å². The van der Waals surface area contributed by atoms with Crippen LogP contribution in [0, 0.1) is 5.92 Å². The molecule has 0 aliphatic carbocycles. The Balaban J connectivity index is 2.97. The molecule has 0 fully saturated rings. The fourth-order valence-corrected chi connectivity index (χ4v) is 1.77. The molecule has 4 nitrogen and oxygen atoms in total. The molecule has 1 rings (SSSR count). The van der Waals surface area contributed by atoms with Crippen LogP contribution in [0.1, 0.15) is 12.5 Å². The number of nitrogens with one attached hydrogen (secondary N) is 1. The highest BCUT2D eigenvalue weighted by molar-refractivity contribution is 6.30. The monoisotopic (exact) mass is 273 g/mol. The normalized spacial score (nSPS) is 12.3. The van der Waals surface area contributed by atoms with Gasteiger partial charge in [-0.2, -0.15) is 0 Å². The van der Waals surface area contributed by atoms with Gasteiger partial charge in [0.2, 0.25) is 0 Å². The smallest absolute Gasteiger partial charge is 0.165 e. The van der Waals surface area contributed by atoms with Crippen LogP contribution in [0.25, 0.3) is 0 Å². The van der Waals surface area contributed by atoms with E-state index in [4.69, 9.17) is 26.2 Å². The number of aliphatic hydroxyl groups is 1. The molecular weight excluding hydrogens is 254 g/mol. The van der Waals surface area contributed by atoms with Crippen LogP contribution in [0.15, 0.2) is 12.1 Å². The lowest BCUT2D eigenvalue weighted by Gasteiger charge is -2.17. The number of halogens is 1. The lowest BCUT2D eigenvalue weighted by molar-refractivity contribution is 0.170. The Hall–Kier alpha value is -0.970. The van der Waals surface area contributed by atoms with E-state index < -0.39 is 0 Å². The Labute approximate surface area is 113 Å². The molecule has 0 radical (unpaired) electrons. The van der Waals surface area contributed by atoms with Crippen molar-refractivity contribution in [3.05, 3.63) is 22.7 Å². The second kappa shape index (κ2) is 7.46. The Morgan fingerprint density at radius 1 is 1.44 bits per heavy atom. The van der Waals surface area contributed by atoms with Crippen LogP contribution in [0.4, 0.5) is 0 Å². The molecule has 0 aliphatic rings. The molecule has 1 aromatic carbocycles. The second-order valence-corrected chi connectivity index (χ2v) is 4.66. The van der Waals surface area contributed by atoms with Crippen molar-refractivity contribution in [2.24, 2.45) is 5.92 Å². The van der Waals surface area contributed by atoms with Gasteiger partial charge in [-0.15, -0.1) is 0 Å². The summed E-state index contributed by atoms with van der Waals surface area (Å²) >= 11 is 6.02. The van der Waals surface area contributed by atoms with E-state index in [1.807, 2.05) is 20.0 Å². The number of aliphatic hydroxyl groups excluding tert-OH is 1. The fourth-order valence-electron chi connectivity index (χ4n) is 1.54. The molecule has 0 aromatic heterocycles. The SMILES string of the molecule is CNCc1cc(Cl)cc(OC)c1OCC(C)CO. The van der Waals surface area contributed by atoms with Gasteiger partial charge in [-0.25, -0.2) is 0 Å². The van der Waals surface area contributed by atoms with Gasteiger partial charge >= 0.3 is 0 Å². The highest BCUT2D eigenvalue weighted by Gasteiger charge is 2.13. The van der Waals surface area contributed by atoms with E-state index in [9.17, 15) is 0 Å². The first-order valence-corrected chi connectivity index (χ1v) is 6.24. The van der Waals surface area contributed by atoms with E-state index in [2.05, 4.69) is 5.32 Å². The molecule has 0 heterocycles. The number of ether oxygens (including phenoxy) is 2. The Morgan fingerprint density at radius 3 is 2.72 bits per heavy atom. The van der Waals surface area contributed by atoms with Crippen LogP contribution >= 0.6 is 11.6 Å². The van der Waals surface area contributed by atoms with Crippen molar-refractivity contribution in [2.75, 3.05) is 27.4 Å². The van der Waals surface area contributed by atoms with Gasteiger partial charge in [-0.1, -0.05) is 18.5 Å². The first kappa shape index (κ1) is 15.1. The third kappa shape index (κ3) is 4.05. The standard InChI is InChI=1S/C13H20ClNO3/c1-9(7-16)8-18-13-10(6-15-2)4-11(14)5-12(13)17-3/h4-5,9,15-16H,6-8H2,1-3H3. The lowest BCUT2D eigenvalue weighted by Crippen LogP contribution is -2.15. The van der Waals surface area contributed by atoms with Crippen molar-refractivity contribution in [1.82, 2.24) is 5.32 Å². The maximum Gasteiger partial charge on any atom is 0.165 e. The zero-order valence-electron chi connectivity index (χ0n) is 11.0. The van der Waals surface area contributed by atoms with Crippen molar-refractivity contribution in [3.63, 3.8) is 0 Å². The highest BCUT2D eigenvalue weighted by Crippen LogP contribution is 2.35. The quantitative estimate of drug-likeness (QED) is 0.799. The van der Waals surface area contributed by atoms with E-state index >= 15 is 0 Å². The second-order valence-electron chi connectivity index (χ2n) is 4.23. The van der Waals surface area contributed by atoms with Crippen molar-refractivity contribution in [2.45, 2.75) is 13.5 Å². The minimum atomic E-state index is 0.0767. The molecule has 0 spiro atoms. The summed E-state index contributed by atoms with van der Waals surface area (Å²) < 4.78 is 11.0. The van der Waals surface area contributed by atoms with Crippen molar-refractivity contribution < 1.29 is 14.6 Å². The topological polar surface area (TPSA) is 50.7 Å². The molecule has 1 unspecified atom stereocenters. The predicted molar refractivity (Wildman–Crippen MR) is 72.5 cm³/mol. The van der Waals surface area contributed by atoms with Gasteiger partial charge < -0.3 is 19.9 Å². The Morgan fingerprint density at radius 2 is 2.17 bits per heavy atom. The van der Waals surface area contributed by atoms with E-state index in [-0.39, 0.29) is 12.5 Å². The van der Waals surface area contributed by atoms with Gasteiger partial charge in [-0.3, -0.25) is 0 Å². The molecular formula is C13H20ClNO3. The minimum Gasteiger partial charge on any atom is -0.493 e. The van der Waals surface area contributed by atoms with Crippen LogP contribution in [0.2, 0.25) is 5.02 Å². The molecule has 5 heteroatoms. The summed E-state index contributed by atoms with van der Waals surface area (Å²) in [6.07, 6.45) is 0. The molecule has 0 amide bonds. The van der Waals surface area contributed by atoms with Gasteiger partial charge in [0.1, 0.15) is 0 Å². The average Bonchev–Trinajstić information content (AvgIpc) is 2.36. The Bertz CT molecular complexity index is 385. The van der Waals surface area contributed by atoms with Crippen molar-refractivity contribution in [3.8, 4) is 11.5 Å². The van der Waals surface area contributed by atoms with Crippen LogP contribution < -0.4 is 14.8 Å². The zero-order chi connectivity index (χ0) is 13.5. The summed E-state index contributed by atoms with van der Waals surface area (Å²) in [5.41, 5.74) is 0.937. The van der Waals surface area contributed by atoms with Crippen LogP contribution in [-0.2, 0) is 6.54 Å². The number of rotatable bonds is 7. The Kier molecular flexibility index (Phi) is 6.25. The van der Waals surface area contributed by atoms with E-state index in [0.717, 1.165) is 5.56 Å². The summed E-state index contributed by atoms with van der Waals surface area (Å²) in [6, 6.07) is 3.57. The molecule has 0 bridgehead atoms.